The van der Waals surface area contributed by atoms with Gasteiger partial charge in [-0.3, -0.25) is 0 Å². The summed E-state index contributed by atoms with van der Waals surface area (Å²) in [6, 6.07) is 0. The molecule has 0 spiro atoms. The molecule has 10 heavy (non-hydrogen) atoms. The molecule has 4 aliphatic rings. The van der Waals surface area contributed by atoms with Crippen molar-refractivity contribution in [2.75, 3.05) is 0 Å². The SMILES string of the molecule is C1C[C@H]2C3C([C@@H]12)[C@@H]1CC[C@H]31. The van der Waals surface area contributed by atoms with Crippen molar-refractivity contribution in [1.82, 2.24) is 0 Å². The zero-order valence-electron chi connectivity index (χ0n) is 6.29. The molecule has 0 nitrogen and oxygen atoms in total. The first-order chi connectivity index (χ1) is 4.97. The van der Waals surface area contributed by atoms with Gasteiger partial charge in [-0.15, -0.1) is 0 Å². The molecule has 0 aromatic carbocycles. The first-order valence-electron chi connectivity index (χ1n) is 4.97. The maximum absolute atomic E-state index is 1.61. The van der Waals surface area contributed by atoms with E-state index in [1.54, 1.807) is 25.7 Å². The van der Waals surface area contributed by atoms with Gasteiger partial charge in [0.05, 0.1) is 0 Å². The molecule has 4 aliphatic carbocycles. The number of rotatable bonds is 0. The maximum atomic E-state index is 1.61. The second-order valence-corrected chi connectivity index (χ2v) is 4.96. The van der Waals surface area contributed by atoms with Crippen LogP contribution in [0.4, 0.5) is 0 Å². The second kappa shape index (κ2) is 1.19. The smallest absolute Gasteiger partial charge is 0.0318 e. The van der Waals surface area contributed by atoms with Gasteiger partial charge in [-0.1, -0.05) is 0 Å². The molecule has 0 heterocycles. The van der Waals surface area contributed by atoms with Gasteiger partial charge in [-0.25, -0.2) is 0 Å². The Morgan fingerprint density at radius 1 is 0.500 bits per heavy atom. The summed E-state index contributed by atoms with van der Waals surface area (Å²) in [6.45, 7) is 0. The monoisotopic (exact) mass is 134 g/mol. The lowest BCUT2D eigenvalue weighted by atomic mass is 9.28. The molecule has 4 fully saturated rings. The van der Waals surface area contributed by atoms with Crippen molar-refractivity contribution in [1.29, 1.82) is 0 Å². The van der Waals surface area contributed by atoms with E-state index in [1.165, 1.54) is 35.5 Å². The summed E-state index contributed by atoms with van der Waals surface area (Å²) in [4.78, 5) is 0. The van der Waals surface area contributed by atoms with Crippen molar-refractivity contribution in [2.45, 2.75) is 25.7 Å². The standard InChI is InChI=1S/C10H14/c1-2-6-5(1)9-7-3-4-8(7)10(6)9/h5-10H,1-4H2/t5-,6+,7+,8-,9?,10?. The van der Waals surface area contributed by atoms with E-state index in [-0.39, 0.29) is 0 Å². The Labute approximate surface area is 62.0 Å². The Balaban J connectivity index is 1.69. The highest BCUT2D eigenvalue weighted by Crippen LogP contribution is 2.76. The van der Waals surface area contributed by atoms with E-state index in [4.69, 9.17) is 0 Å². The van der Waals surface area contributed by atoms with Crippen molar-refractivity contribution < 1.29 is 0 Å². The molecule has 0 aromatic rings. The normalized spacial score (nSPS) is 74.4. The third-order valence-corrected chi connectivity index (χ3v) is 5.19. The van der Waals surface area contributed by atoms with Crippen molar-refractivity contribution in [2.24, 2.45) is 35.5 Å². The molecular formula is C10H14. The molecule has 2 unspecified atom stereocenters. The molecule has 0 saturated heterocycles. The summed E-state index contributed by atoms with van der Waals surface area (Å²) in [5.41, 5.74) is 0. The van der Waals surface area contributed by atoms with Gasteiger partial charge in [-0.05, 0) is 61.2 Å². The molecule has 0 aliphatic heterocycles. The highest BCUT2D eigenvalue weighted by atomic mass is 14.7. The fourth-order valence-electron chi connectivity index (χ4n) is 4.50. The lowest BCUT2D eigenvalue weighted by Crippen LogP contribution is -2.71. The van der Waals surface area contributed by atoms with Crippen LogP contribution < -0.4 is 0 Å². The third-order valence-electron chi connectivity index (χ3n) is 5.19. The highest BCUT2D eigenvalue weighted by Gasteiger charge is 2.70. The van der Waals surface area contributed by atoms with Crippen LogP contribution in [0.25, 0.3) is 0 Å². The van der Waals surface area contributed by atoms with Gasteiger partial charge in [0.2, 0.25) is 0 Å². The van der Waals surface area contributed by atoms with Crippen LogP contribution in [0.2, 0.25) is 0 Å². The number of hydrogen-bond acceptors (Lipinski definition) is 0. The van der Waals surface area contributed by atoms with E-state index < -0.39 is 0 Å². The molecule has 54 valence electrons. The lowest BCUT2D eigenvalue weighted by molar-refractivity contribution is -0.286. The van der Waals surface area contributed by atoms with E-state index in [1.807, 2.05) is 0 Å². The number of hydrogen-bond donors (Lipinski definition) is 0. The van der Waals surface area contributed by atoms with Gasteiger partial charge in [0.1, 0.15) is 0 Å². The van der Waals surface area contributed by atoms with Crippen molar-refractivity contribution in [3.63, 3.8) is 0 Å². The van der Waals surface area contributed by atoms with Gasteiger partial charge in [0, 0.05) is 0 Å². The molecule has 0 amide bonds. The minimum Gasteiger partial charge on any atom is -0.0496 e. The summed E-state index contributed by atoms with van der Waals surface area (Å²) in [5, 5.41) is 0. The van der Waals surface area contributed by atoms with Crippen LogP contribution in [0, 0.1) is 35.5 Å². The Bertz CT molecular complexity index is 154. The predicted molar refractivity (Wildman–Crippen MR) is 39.4 cm³/mol. The Hall–Kier alpha value is 0. The molecule has 0 heteroatoms. The number of fused-ring (bicyclic) bond motifs is 7. The van der Waals surface area contributed by atoms with Gasteiger partial charge >= 0.3 is 0 Å². The third kappa shape index (κ3) is 0.271. The first kappa shape index (κ1) is 4.79. The fraction of sp³-hybridized carbons (Fsp3) is 1.00. The molecule has 0 radical (unpaired) electrons. The van der Waals surface area contributed by atoms with Gasteiger partial charge in [-0.2, -0.15) is 0 Å². The molecule has 0 bridgehead atoms. The second-order valence-electron chi connectivity index (χ2n) is 4.96. The van der Waals surface area contributed by atoms with Crippen LogP contribution in [0.5, 0.6) is 0 Å². The Kier molecular flexibility index (Phi) is 0.570. The van der Waals surface area contributed by atoms with Crippen LogP contribution in [-0.2, 0) is 0 Å². The summed E-state index contributed by atoms with van der Waals surface area (Å²) < 4.78 is 0. The highest BCUT2D eigenvalue weighted by molar-refractivity contribution is 5.18. The van der Waals surface area contributed by atoms with Crippen molar-refractivity contribution >= 4 is 0 Å². The first-order valence-corrected chi connectivity index (χ1v) is 4.97. The molecule has 4 rings (SSSR count). The van der Waals surface area contributed by atoms with Gasteiger partial charge in [0.25, 0.3) is 0 Å². The van der Waals surface area contributed by atoms with E-state index in [9.17, 15) is 0 Å². The molecule has 4 saturated carbocycles. The Morgan fingerprint density at radius 3 is 1.00 bits per heavy atom. The molecule has 0 aromatic heterocycles. The molecule has 0 N–H and O–H groups in total. The quantitative estimate of drug-likeness (QED) is 0.477. The van der Waals surface area contributed by atoms with Crippen LogP contribution in [0.15, 0.2) is 0 Å². The summed E-state index contributed by atoms with van der Waals surface area (Å²) in [5.74, 6) is 7.58. The maximum Gasteiger partial charge on any atom is -0.0318 e. The van der Waals surface area contributed by atoms with E-state index in [0.29, 0.717) is 0 Å². The van der Waals surface area contributed by atoms with Gasteiger partial charge < -0.3 is 0 Å². The predicted octanol–water partition coefficient (Wildman–Crippen LogP) is 2.30. The van der Waals surface area contributed by atoms with Crippen molar-refractivity contribution in [3.05, 3.63) is 0 Å². The minimum atomic E-state index is 1.26. The van der Waals surface area contributed by atoms with Crippen LogP contribution in [0.3, 0.4) is 0 Å². The Morgan fingerprint density at radius 2 is 0.800 bits per heavy atom. The summed E-state index contributed by atoms with van der Waals surface area (Å²) >= 11 is 0. The van der Waals surface area contributed by atoms with Crippen molar-refractivity contribution in [3.8, 4) is 0 Å². The van der Waals surface area contributed by atoms with Crippen LogP contribution in [-0.4, -0.2) is 0 Å². The van der Waals surface area contributed by atoms with E-state index >= 15 is 0 Å². The zero-order chi connectivity index (χ0) is 6.29. The summed E-state index contributed by atoms with van der Waals surface area (Å²) in [7, 11) is 0. The topological polar surface area (TPSA) is 0 Å². The zero-order valence-corrected chi connectivity index (χ0v) is 6.29. The average Bonchev–Trinajstić information content (AvgIpc) is 1.82. The fourth-order valence-corrected chi connectivity index (χ4v) is 4.50. The van der Waals surface area contributed by atoms with Crippen LogP contribution in [0.1, 0.15) is 25.7 Å². The average molecular weight is 134 g/mol. The summed E-state index contributed by atoms with van der Waals surface area (Å²) in [6.07, 6.45) is 6.42. The van der Waals surface area contributed by atoms with E-state index in [2.05, 4.69) is 0 Å². The molecule has 6 atom stereocenters. The van der Waals surface area contributed by atoms with Crippen LogP contribution >= 0.6 is 0 Å². The lowest BCUT2D eigenvalue weighted by Gasteiger charge is -2.77. The largest absolute Gasteiger partial charge is 0.0496 e. The molecular weight excluding hydrogens is 120 g/mol. The van der Waals surface area contributed by atoms with E-state index in [0.717, 1.165) is 0 Å². The van der Waals surface area contributed by atoms with Gasteiger partial charge in [0.15, 0.2) is 0 Å². The minimum absolute atomic E-state index is 1.26.